The highest BCUT2D eigenvalue weighted by molar-refractivity contribution is 7.57. The maximum atomic E-state index is 11.2. The Bertz CT molecular complexity index is 314. The number of hydrogen-bond acceptors (Lipinski definition) is 5. The zero-order chi connectivity index (χ0) is 12.9. The van der Waals surface area contributed by atoms with Gasteiger partial charge in [-0.05, 0) is 6.92 Å². The first-order chi connectivity index (χ1) is 7.15. The van der Waals surface area contributed by atoms with Crippen LogP contribution in [0.5, 0.6) is 0 Å². The molecule has 0 fully saturated rings. The van der Waals surface area contributed by atoms with Gasteiger partial charge in [0.2, 0.25) is 7.37 Å². The molecular weight excluding hydrogens is 239 g/mol. The fourth-order valence-electron chi connectivity index (χ4n) is 0.772. The summed E-state index contributed by atoms with van der Waals surface area (Å²) in [6.45, 7) is 1.84. The van der Waals surface area contributed by atoms with Gasteiger partial charge in [0.05, 0.1) is 12.8 Å². The summed E-state index contributed by atoms with van der Waals surface area (Å²) in [5, 5.41) is 20.0. The fraction of sp³-hybridized carbons (Fsp3) is 0.714. The summed E-state index contributed by atoms with van der Waals surface area (Å²) < 4.78 is 10.8. The van der Waals surface area contributed by atoms with E-state index in [4.69, 9.17) is 15.2 Å². The van der Waals surface area contributed by atoms with Gasteiger partial charge in [-0.25, -0.2) is 9.86 Å². The topological polar surface area (TPSA) is 127 Å². The predicted molar refractivity (Wildman–Crippen MR) is 54.3 cm³/mol. The van der Waals surface area contributed by atoms with Crippen molar-refractivity contribution in [3.8, 4) is 0 Å². The minimum absolute atomic E-state index is 0.0628. The fourth-order valence-corrected chi connectivity index (χ4v) is 1.30. The van der Waals surface area contributed by atoms with E-state index in [9.17, 15) is 14.2 Å². The van der Waals surface area contributed by atoms with Crippen molar-refractivity contribution in [1.29, 1.82) is 0 Å². The van der Waals surface area contributed by atoms with E-state index in [1.807, 2.05) is 0 Å². The molecule has 16 heavy (non-hydrogen) atoms. The summed E-state index contributed by atoms with van der Waals surface area (Å²) in [6.07, 6.45) is -0.284. The largest absolute Gasteiger partial charge is 0.480 e. The average Bonchev–Trinajstić information content (AvgIpc) is 2.13. The number of amides is 1. The number of carbonyl (C=O) groups is 2. The Hall–Kier alpha value is -0.950. The van der Waals surface area contributed by atoms with Crippen LogP contribution in [0.1, 0.15) is 6.92 Å². The standard InChI is InChI=1S/C7H15N2O6P/c1-5(7(11)12)9(13)6(10)3-8-4-16(2,14)15/h5,8,13H,3-4H2,1-2H3,(H,11,12)(H,14,15). The summed E-state index contributed by atoms with van der Waals surface area (Å²) in [5.74, 6) is -2.23. The second-order valence-electron chi connectivity index (χ2n) is 3.39. The normalized spacial score (nSPS) is 16.2. The van der Waals surface area contributed by atoms with Gasteiger partial charge in [-0.1, -0.05) is 0 Å². The van der Waals surface area contributed by atoms with Crippen LogP contribution in [0, 0.1) is 0 Å². The highest BCUT2D eigenvalue weighted by Crippen LogP contribution is 2.32. The lowest BCUT2D eigenvalue weighted by Gasteiger charge is -2.19. The zero-order valence-corrected chi connectivity index (χ0v) is 9.85. The van der Waals surface area contributed by atoms with Gasteiger partial charge < -0.3 is 10.00 Å². The Balaban J connectivity index is 4.08. The lowest BCUT2D eigenvalue weighted by atomic mass is 10.3. The highest BCUT2D eigenvalue weighted by Gasteiger charge is 2.23. The number of carbonyl (C=O) groups excluding carboxylic acids is 1. The number of hydroxylamine groups is 2. The maximum absolute atomic E-state index is 11.2. The average molecular weight is 254 g/mol. The van der Waals surface area contributed by atoms with Crippen molar-refractivity contribution >= 4 is 19.2 Å². The molecule has 8 nitrogen and oxygen atoms in total. The predicted octanol–water partition coefficient (Wildman–Crippen LogP) is -0.875. The van der Waals surface area contributed by atoms with E-state index >= 15 is 0 Å². The van der Waals surface area contributed by atoms with Crippen molar-refractivity contribution in [1.82, 2.24) is 10.4 Å². The number of carboxylic acids is 1. The molecule has 0 heterocycles. The maximum Gasteiger partial charge on any atom is 0.328 e. The van der Waals surface area contributed by atoms with E-state index in [0.717, 1.165) is 13.6 Å². The molecule has 0 aromatic heterocycles. The molecule has 0 bridgehead atoms. The molecule has 94 valence electrons. The molecule has 0 spiro atoms. The Morgan fingerprint density at radius 3 is 2.38 bits per heavy atom. The number of nitrogens with one attached hydrogen (secondary N) is 1. The van der Waals surface area contributed by atoms with E-state index in [0.29, 0.717) is 0 Å². The Labute approximate surface area is 92.3 Å². The molecule has 0 saturated carbocycles. The van der Waals surface area contributed by atoms with Crippen LogP contribution >= 0.6 is 7.37 Å². The summed E-state index contributed by atoms with van der Waals surface area (Å²) in [7, 11) is -3.27. The van der Waals surface area contributed by atoms with E-state index in [2.05, 4.69) is 5.32 Å². The number of rotatable bonds is 6. The monoisotopic (exact) mass is 254 g/mol. The molecule has 9 heteroatoms. The lowest BCUT2D eigenvalue weighted by molar-refractivity contribution is -0.183. The van der Waals surface area contributed by atoms with Gasteiger partial charge in [-0.15, -0.1) is 0 Å². The summed E-state index contributed by atoms with van der Waals surface area (Å²) in [4.78, 5) is 30.5. The molecule has 0 aromatic carbocycles. The smallest absolute Gasteiger partial charge is 0.328 e. The van der Waals surface area contributed by atoms with Crippen molar-refractivity contribution in [2.75, 3.05) is 19.5 Å². The molecule has 0 aliphatic rings. The van der Waals surface area contributed by atoms with Crippen molar-refractivity contribution in [3.63, 3.8) is 0 Å². The zero-order valence-electron chi connectivity index (χ0n) is 8.95. The summed E-state index contributed by atoms with van der Waals surface area (Å²) in [6, 6.07) is -1.36. The Morgan fingerprint density at radius 1 is 1.50 bits per heavy atom. The second-order valence-corrected chi connectivity index (χ2v) is 5.81. The van der Waals surface area contributed by atoms with Crippen molar-refractivity contribution in [2.45, 2.75) is 13.0 Å². The van der Waals surface area contributed by atoms with E-state index < -0.39 is 31.8 Å². The molecule has 0 aromatic rings. The van der Waals surface area contributed by atoms with Crippen LogP contribution in [0.2, 0.25) is 0 Å². The first-order valence-electron chi connectivity index (χ1n) is 4.39. The molecule has 0 aliphatic heterocycles. The molecule has 0 saturated heterocycles. The number of aliphatic carboxylic acids is 1. The Kier molecular flexibility index (Phi) is 5.60. The molecular formula is C7H15N2O6P. The first-order valence-corrected chi connectivity index (χ1v) is 6.68. The van der Waals surface area contributed by atoms with Crippen LogP contribution in [0.25, 0.3) is 0 Å². The molecule has 0 radical (unpaired) electrons. The summed E-state index contributed by atoms with van der Waals surface area (Å²) in [5.41, 5.74) is 0. The van der Waals surface area contributed by atoms with Gasteiger partial charge in [0.25, 0.3) is 5.91 Å². The van der Waals surface area contributed by atoms with Crippen LogP contribution < -0.4 is 5.32 Å². The van der Waals surface area contributed by atoms with Gasteiger partial charge in [-0.2, -0.15) is 0 Å². The highest BCUT2D eigenvalue weighted by atomic mass is 31.2. The Morgan fingerprint density at radius 2 is 2.00 bits per heavy atom. The molecule has 0 aliphatic carbocycles. The van der Waals surface area contributed by atoms with E-state index in [1.165, 1.54) is 0 Å². The van der Waals surface area contributed by atoms with Crippen LogP contribution in [-0.4, -0.2) is 57.7 Å². The van der Waals surface area contributed by atoms with Crippen LogP contribution in [0.4, 0.5) is 0 Å². The number of nitrogens with zero attached hydrogens (tertiary/aromatic N) is 1. The summed E-state index contributed by atoms with van der Waals surface area (Å²) >= 11 is 0. The number of hydrogen-bond donors (Lipinski definition) is 4. The minimum atomic E-state index is -3.27. The van der Waals surface area contributed by atoms with Gasteiger partial charge >= 0.3 is 5.97 Å². The van der Waals surface area contributed by atoms with Gasteiger partial charge in [0.15, 0.2) is 6.04 Å². The third-order valence-electron chi connectivity index (χ3n) is 1.66. The molecule has 0 rings (SSSR count). The molecule has 2 unspecified atom stereocenters. The second kappa shape index (κ2) is 5.95. The van der Waals surface area contributed by atoms with Crippen molar-refractivity contribution in [3.05, 3.63) is 0 Å². The number of carboxylic acid groups (broad SMARTS) is 1. The molecule has 1 amide bonds. The SMILES string of the molecule is CC(C(=O)O)N(O)C(=O)CNCP(C)(=O)O. The van der Waals surface area contributed by atoms with Crippen molar-refractivity contribution in [2.24, 2.45) is 0 Å². The van der Waals surface area contributed by atoms with Gasteiger partial charge in [0, 0.05) is 6.66 Å². The van der Waals surface area contributed by atoms with Crippen LogP contribution in [-0.2, 0) is 14.2 Å². The van der Waals surface area contributed by atoms with Gasteiger partial charge in [0.1, 0.15) is 0 Å². The van der Waals surface area contributed by atoms with Crippen LogP contribution in [0.15, 0.2) is 0 Å². The minimum Gasteiger partial charge on any atom is -0.480 e. The van der Waals surface area contributed by atoms with Gasteiger partial charge in [-0.3, -0.25) is 19.9 Å². The molecule has 2 atom stereocenters. The van der Waals surface area contributed by atoms with E-state index in [1.54, 1.807) is 0 Å². The first kappa shape index (κ1) is 15.0. The van der Waals surface area contributed by atoms with E-state index in [-0.39, 0.29) is 11.3 Å². The van der Waals surface area contributed by atoms with Crippen LogP contribution in [0.3, 0.4) is 0 Å². The molecule has 4 N–H and O–H groups in total. The third-order valence-corrected chi connectivity index (χ3v) is 2.47. The van der Waals surface area contributed by atoms with Crippen molar-refractivity contribution < 1.29 is 29.4 Å². The quantitative estimate of drug-likeness (QED) is 0.275. The lowest BCUT2D eigenvalue weighted by Crippen LogP contribution is -2.44. The third kappa shape index (κ3) is 5.82.